The second-order valence-electron chi connectivity index (χ2n) is 2.07. The summed E-state index contributed by atoms with van der Waals surface area (Å²) < 4.78 is 0. The third-order valence-electron chi connectivity index (χ3n) is 1.39. The molecule has 0 aliphatic carbocycles. The molecule has 0 aromatic carbocycles. The van der Waals surface area contributed by atoms with Crippen molar-refractivity contribution in [2.24, 2.45) is 0 Å². The molecule has 64 valence electrons. The smallest absolute Gasteiger partial charge is 0.331 e. The van der Waals surface area contributed by atoms with Gasteiger partial charge < -0.3 is 5.11 Å². The average Bonchev–Trinajstić information content (AvgIpc) is 1.88. The molecule has 0 amide bonds. The van der Waals surface area contributed by atoms with Crippen LogP contribution in [0.5, 0.6) is 0 Å². The molecule has 0 saturated carbocycles. The molecule has 0 aromatic heterocycles. The van der Waals surface area contributed by atoms with Gasteiger partial charge in [0.05, 0.1) is 0 Å². The molecular formula is C7H10Na2O3S. The fourth-order valence-electron chi connectivity index (χ4n) is 0.706. The van der Waals surface area contributed by atoms with Crippen LogP contribution in [0.15, 0.2) is 11.1 Å². The number of aliphatic carboxylic acids is 1. The summed E-state index contributed by atoms with van der Waals surface area (Å²) in [6.45, 7) is 3.14. The predicted octanol–water partition coefficient (Wildman–Crippen LogP) is 0.492. The van der Waals surface area contributed by atoms with E-state index in [1.54, 1.807) is 6.92 Å². The maximum atomic E-state index is 10.6. The first-order valence-electron chi connectivity index (χ1n) is 3.17. The maximum absolute atomic E-state index is 10.6. The van der Waals surface area contributed by atoms with Crippen LogP contribution in [0.4, 0.5) is 0 Å². The Balaban J connectivity index is -0.000000500. The number of carbonyl (C=O) groups is 2. The summed E-state index contributed by atoms with van der Waals surface area (Å²) in [6, 6.07) is 0. The normalized spacial score (nSPS) is 10.4. The third-order valence-corrected chi connectivity index (χ3v) is 1.72. The molecular weight excluding hydrogens is 210 g/mol. The van der Waals surface area contributed by atoms with Gasteiger partial charge in [0.1, 0.15) is 0 Å². The molecule has 0 fully saturated rings. The van der Waals surface area contributed by atoms with E-state index in [2.05, 4.69) is 12.6 Å². The summed E-state index contributed by atoms with van der Waals surface area (Å²) in [5.41, 5.74) is 0.341. The SMILES string of the molecule is CC/C(C(=O)O)=C(\C)C(=O)S.[Na].[Na]. The molecule has 3 nitrogen and oxygen atoms in total. The molecule has 0 aliphatic rings. The van der Waals surface area contributed by atoms with Gasteiger partial charge in [0.15, 0.2) is 0 Å². The van der Waals surface area contributed by atoms with Crippen molar-refractivity contribution in [2.45, 2.75) is 20.3 Å². The van der Waals surface area contributed by atoms with E-state index in [0.717, 1.165) is 0 Å². The quantitative estimate of drug-likeness (QED) is 0.413. The van der Waals surface area contributed by atoms with E-state index in [4.69, 9.17) is 5.11 Å². The van der Waals surface area contributed by atoms with Crippen molar-refractivity contribution in [3.8, 4) is 0 Å². The minimum atomic E-state index is -1.05. The van der Waals surface area contributed by atoms with Crippen LogP contribution in [0.25, 0.3) is 0 Å². The van der Waals surface area contributed by atoms with E-state index < -0.39 is 11.1 Å². The second-order valence-corrected chi connectivity index (χ2v) is 2.47. The van der Waals surface area contributed by atoms with Crippen LogP contribution in [0, 0.1) is 0 Å². The van der Waals surface area contributed by atoms with Gasteiger partial charge in [-0.2, -0.15) is 0 Å². The average molecular weight is 220 g/mol. The predicted molar refractivity (Wildman–Crippen MR) is 56.1 cm³/mol. The van der Waals surface area contributed by atoms with Crippen molar-refractivity contribution in [3.63, 3.8) is 0 Å². The second kappa shape index (κ2) is 9.77. The number of hydrogen-bond donors (Lipinski definition) is 2. The van der Waals surface area contributed by atoms with Crippen LogP contribution in [0.3, 0.4) is 0 Å². The van der Waals surface area contributed by atoms with Gasteiger partial charge in [-0.05, 0) is 13.3 Å². The van der Waals surface area contributed by atoms with Crippen molar-refractivity contribution < 1.29 is 14.7 Å². The van der Waals surface area contributed by atoms with Crippen molar-refractivity contribution >= 4 is 82.8 Å². The Hall–Kier alpha value is 1.23. The molecule has 0 heterocycles. The molecule has 0 bridgehead atoms. The van der Waals surface area contributed by atoms with Crippen molar-refractivity contribution in [2.75, 3.05) is 0 Å². The molecule has 1 N–H and O–H groups in total. The van der Waals surface area contributed by atoms with Gasteiger partial charge in [-0.1, -0.05) is 6.92 Å². The zero-order valence-electron chi connectivity index (χ0n) is 8.42. The number of rotatable bonds is 3. The molecule has 0 atom stereocenters. The first kappa shape index (κ1) is 19.7. The van der Waals surface area contributed by atoms with Crippen LogP contribution >= 0.6 is 12.6 Å². The Morgan fingerprint density at radius 1 is 1.31 bits per heavy atom. The van der Waals surface area contributed by atoms with Gasteiger partial charge in [-0.25, -0.2) is 4.79 Å². The van der Waals surface area contributed by atoms with E-state index in [-0.39, 0.29) is 70.3 Å². The molecule has 13 heavy (non-hydrogen) atoms. The summed E-state index contributed by atoms with van der Waals surface area (Å²) >= 11 is 3.52. The maximum Gasteiger partial charge on any atom is 0.331 e. The summed E-state index contributed by atoms with van der Waals surface area (Å²) in [5, 5.41) is 8.07. The molecule has 0 aliphatic heterocycles. The Kier molecular flexibility index (Phi) is 14.8. The van der Waals surface area contributed by atoms with E-state index in [9.17, 15) is 9.59 Å². The fourth-order valence-corrected chi connectivity index (χ4v) is 0.841. The summed E-state index contributed by atoms with van der Waals surface area (Å²) in [5.74, 6) is -1.05. The van der Waals surface area contributed by atoms with Gasteiger partial charge in [0.2, 0.25) is 5.12 Å². The van der Waals surface area contributed by atoms with Gasteiger partial charge in [-0.15, -0.1) is 12.6 Å². The van der Waals surface area contributed by atoms with Crippen molar-refractivity contribution in [3.05, 3.63) is 11.1 Å². The van der Waals surface area contributed by atoms with Gasteiger partial charge in [-0.3, -0.25) is 4.79 Å². The number of thiol groups is 1. The van der Waals surface area contributed by atoms with Crippen molar-refractivity contribution in [1.29, 1.82) is 0 Å². The summed E-state index contributed by atoms with van der Waals surface area (Å²) in [4.78, 5) is 21.0. The molecule has 6 heteroatoms. The van der Waals surface area contributed by atoms with E-state index >= 15 is 0 Å². The fraction of sp³-hybridized carbons (Fsp3) is 0.429. The van der Waals surface area contributed by atoms with E-state index in [1.165, 1.54) is 6.92 Å². The van der Waals surface area contributed by atoms with Crippen LogP contribution in [0.1, 0.15) is 20.3 Å². The van der Waals surface area contributed by atoms with Crippen LogP contribution in [0.2, 0.25) is 0 Å². The van der Waals surface area contributed by atoms with Gasteiger partial charge in [0, 0.05) is 70.3 Å². The Labute approximate surface area is 127 Å². The Morgan fingerprint density at radius 2 is 1.69 bits per heavy atom. The summed E-state index contributed by atoms with van der Waals surface area (Å²) in [6.07, 6.45) is 0.341. The minimum Gasteiger partial charge on any atom is -0.478 e. The van der Waals surface area contributed by atoms with Gasteiger partial charge in [0.25, 0.3) is 0 Å². The van der Waals surface area contributed by atoms with Crippen LogP contribution in [-0.4, -0.2) is 75.3 Å². The first-order chi connectivity index (χ1) is 5.00. The molecule has 0 spiro atoms. The number of carboxylic acid groups (broad SMARTS) is 1. The first-order valence-corrected chi connectivity index (χ1v) is 3.61. The molecule has 0 aromatic rings. The summed E-state index contributed by atoms with van der Waals surface area (Å²) in [7, 11) is 0. The van der Waals surface area contributed by atoms with Crippen LogP contribution < -0.4 is 0 Å². The largest absolute Gasteiger partial charge is 0.478 e. The standard InChI is InChI=1S/C7H10O3S.2Na/c1-3-5(6(8)9)4(2)7(10)11;;/h3H2,1-2H3,(H,8,9)(H,10,11);;/b5-4-;;. The molecule has 0 rings (SSSR count). The number of carboxylic acids is 1. The minimum absolute atomic E-state index is 0. The molecule has 0 saturated heterocycles. The van der Waals surface area contributed by atoms with Crippen LogP contribution in [-0.2, 0) is 9.59 Å². The van der Waals surface area contributed by atoms with E-state index in [1.807, 2.05) is 0 Å². The zero-order chi connectivity index (χ0) is 9.02. The Bertz CT molecular complexity index is 226. The Morgan fingerprint density at radius 3 is 1.77 bits per heavy atom. The van der Waals surface area contributed by atoms with Gasteiger partial charge >= 0.3 is 5.97 Å². The molecule has 0 unspecified atom stereocenters. The third kappa shape index (κ3) is 7.19. The van der Waals surface area contributed by atoms with E-state index in [0.29, 0.717) is 6.42 Å². The molecule has 2 radical (unpaired) electrons. The monoisotopic (exact) mass is 220 g/mol. The topological polar surface area (TPSA) is 54.4 Å². The number of hydrogen-bond acceptors (Lipinski definition) is 2. The van der Waals surface area contributed by atoms with Crippen molar-refractivity contribution in [1.82, 2.24) is 0 Å². The zero-order valence-corrected chi connectivity index (χ0v) is 13.3. The number of carbonyl (C=O) groups excluding carboxylic acids is 1.